The Morgan fingerprint density at radius 2 is 1.71 bits per heavy atom. The van der Waals surface area contributed by atoms with E-state index in [-0.39, 0.29) is 12.2 Å². The molecule has 1 aliphatic heterocycles. The van der Waals surface area contributed by atoms with Gasteiger partial charge in [-0.2, -0.15) is 10.1 Å². The van der Waals surface area contributed by atoms with Gasteiger partial charge < -0.3 is 20.4 Å². The number of aromatic amines is 1. The molecule has 0 bridgehead atoms. The number of carbonyl (C=O) groups is 1. The molecule has 9 nitrogen and oxygen atoms in total. The average molecular weight is 545 g/mol. The zero-order valence-electron chi connectivity index (χ0n) is 23.0. The lowest BCUT2D eigenvalue weighted by Gasteiger charge is -2.34. The van der Waals surface area contributed by atoms with Crippen molar-refractivity contribution in [1.29, 1.82) is 0 Å². The third kappa shape index (κ3) is 5.95. The molecule has 0 radical (unpaired) electrons. The van der Waals surface area contributed by atoms with E-state index >= 15 is 0 Å². The van der Waals surface area contributed by atoms with E-state index in [1.807, 2.05) is 66.7 Å². The molecule has 3 N–H and O–H groups in total. The minimum absolute atomic E-state index is 0.0349. The van der Waals surface area contributed by atoms with Gasteiger partial charge in [-0.15, -0.1) is 0 Å². The maximum Gasteiger partial charge on any atom is 0.229 e. The van der Waals surface area contributed by atoms with Crippen molar-refractivity contribution in [3.8, 4) is 11.3 Å². The van der Waals surface area contributed by atoms with Crippen LogP contribution >= 0.6 is 0 Å². The Labute approximate surface area is 238 Å². The molecule has 5 aromatic rings. The first-order valence-corrected chi connectivity index (χ1v) is 13.7. The van der Waals surface area contributed by atoms with E-state index < -0.39 is 0 Å². The van der Waals surface area contributed by atoms with Crippen molar-refractivity contribution in [3.05, 3.63) is 97.1 Å². The van der Waals surface area contributed by atoms with Gasteiger partial charge in [-0.25, -0.2) is 4.98 Å². The lowest BCUT2D eigenvalue weighted by Crippen LogP contribution is -2.44. The van der Waals surface area contributed by atoms with Gasteiger partial charge in [0, 0.05) is 55.2 Å². The summed E-state index contributed by atoms with van der Waals surface area (Å²) in [5.41, 5.74) is 5.95. The molecule has 9 heteroatoms. The van der Waals surface area contributed by atoms with Crippen molar-refractivity contribution in [3.63, 3.8) is 0 Å². The Hall–Kier alpha value is -5.02. The van der Waals surface area contributed by atoms with Gasteiger partial charge in [-0.1, -0.05) is 49.0 Å². The minimum atomic E-state index is -0.0349. The lowest BCUT2D eigenvalue weighted by atomic mass is 10.0. The number of likely N-dealkylation sites (N-methyl/N-ethyl adjacent to an activating group) is 1. The van der Waals surface area contributed by atoms with Crippen LogP contribution in [0, 0.1) is 0 Å². The first-order valence-electron chi connectivity index (χ1n) is 13.7. The van der Waals surface area contributed by atoms with Crippen LogP contribution in [-0.2, 0) is 11.2 Å². The van der Waals surface area contributed by atoms with Crippen LogP contribution in [0.1, 0.15) is 5.56 Å². The predicted octanol–water partition coefficient (Wildman–Crippen LogP) is 5.56. The van der Waals surface area contributed by atoms with Crippen LogP contribution in [0.4, 0.5) is 28.8 Å². The largest absolute Gasteiger partial charge is 0.369 e. The smallest absolute Gasteiger partial charge is 0.229 e. The fourth-order valence-electron chi connectivity index (χ4n) is 5.02. The first kappa shape index (κ1) is 26.2. The predicted molar refractivity (Wildman–Crippen MR) is 165 cm³/mol. The molecule has 0 atom stereocenters. The zero-order valence-corrected chi connectivity index (χ0v) is 23.0. The van der Waals surface area contributed by atoms with Crippen molar-refractivity contribution in [1.82, 2.24) is 25.1 Å². The van der Waals surface area contributed by atoms with Crippen LogP contribution in [0.15, 0.2) is 91.5 Å². The molecule has 0 unspecified atom stereocenters. The zero-order chi connectivity index (χ0) is 28.2. The van der Waals surface area contributed by atoms with Gasteiger partial charge in [0.25, 0.3) is 0 Å². The quantitative estimate of drug-likeness (QED) is 0.208. The highest BCUT2D eigenvalue weighted by molar-refractivity contribution is 6.01. The monoisotopic (exact) mass is 544 g/mol. The number of hydrogen-bond acceptors (Lipinski definition) is 8. The number of benzene rings is 3. The first-order chi connectivity index (χ1) is 20.1. The van der Waals surface area contributed by atoms with Crippen LogP contribution in [0.2, 0.25) is 0 Å². The van der Waals surface area contributed by atoms with Gasteiger partial charge in [0.2, 0.25) is 5.95 Å². The van der Waals surface area contributed by atoms with E-state index in [1.165, 1.54) is 6.08 Å². The molecule has 1 fully saturated rings. The molecule has 3 aromatic carbocycles. The second kappa shape index (κ2) is 11.6. The number of ketones is 1. The van der Waals surface area contributed by atoms with E-state index in [0.717, 1.165) is 59.8 Å². The Bertz CT molecular complexity index is 1690. The van der Waals surface area contributed by atoms with Crippen LogP contribution in [0.5, 0.6) is 0 Å². The van der Waals surface area contributed by atoms with Crippen molar-refractivity contribution >= 4 is 45.6 Å². The number of fused-ring (bicyclic) bond motifs is 1. The van der Waals surface area contributed by atoms with Gasteiger partial charge in [0.05, 0.1) is 11.1 Å². The summed E-state index contributed by atoms with van der Waals surface area (Å²) in [6.45, 7) is 7.66. The Balaban J connectivity index is 1.39. The summed E-state index contributed by atoms with van der Waals surface area (Å²) in [5, 5.41) is 15.2. The Morgan fingerprint density at radius 3 is 2.51 bits per heavy atom. The fraction of sp³-hybridized carbons (Fsp3) is 0.188. The number of anilines is 5. The number of H-pyrrole nitrogens is 1. The number of hydrogen-bond donors (Lipinski definition) is 3. The van der Waals surface area contributed by atoms with Gasteiger partial charge in [0.15, 0.2) is 11.4 Å². The highest BCUT2D eigenvalue weighted by Gasteiger charge is 2.19. The van der Waals surface area contributed by atoms with Gasteiger partial charge in [0.1, 0.15) is 5.82 Å². The molecule has 1 saturated heterocycles. The summed E-state index contributed by atoms with van der Waals surface area (Å²) < 4.78 is 0. The highest BCUT2D eigenvalue weighted by Crippen LogP contribution is 2.34. The second-order valence-corrected chi connectivity index (χ2v) is 10.2. The molecule has 206 valence electrons. The summed E-state index contributed by atoms with van der Waals surface area (Å²) in [6, 6.07) is 26.1. The molecular weight excluding hydrogens is 512 g/mol. The van der Waals surface area contributed by atoms with E-state index in [9.17, 15) is 4.79 Å². The van der Waals surface area contributed by atoms with Gasteiger partial charge in [-0.3, -0.25) is 9.89 Å². The summed E-state index contributed by atoms with van der Waals surface area (Å²) in [4.78, 5) is 26.6. The van der Waals surface area contributed by atoms with E-state index in [0.29, 0.717) is 23.1 Å². The molecule has 2 aromatic heterocycles. The molecule has 6 rings (SSSR count). The van der Waals surface area contributed by atoms with E-state index in [4.69, 9.17) is 9.97 Å². The Morgan fingerprint density at radius 1 is 0.927 bits per heavy atom. The summed E-state index contributed by atoms with van der Waals surface area (Å²) in [6.07, 6.45) is 1.63. The number of nitrogens with zero attached hydrogens (tertiary/aromatic N) is 5. The summed E-state index contributed by atoms with van der Waals surface area (Å²) >= 11 is 0. The number of aromatic nitrogens is 4. The van der Waals surface area contributed by atoms with Gasteiger partial charge in [-0.05, 0) is 55.1 Å². The molecule has 1 aliphatic rings. The second-order valence-electron chi connectivity index (χ2n) is 10.2. The SMILES string of the molecule is C=CC(=O)Cc1cccc(-c2nc(Nc3cccc(N4CCN(C)CC4)c3)nc3n[nH]c(Nc4ccccc4)c23)c1. The third-order valence-electron chi connectivity index (χ3n) is 7.23. The standard InChI is InChI=1S/C32H32N8O/c1-3-27(41)20-22-9-7-10-23(19-22)29-28-30(33-24-11-5-4-6-12-24)37-38-31(28)36-32(35-29)34-25-13-8-14-26(21-25)40-17-15-39(2)16-18-40/h3-14,19,21H,1,15-18,20H2,2H3,(H3,33,34,35,36,37,38). The minimum Gasteiger partial charge on any atom is -0.369 e. The van der Waals surface area contributed by atoms with Gasteiger partial charge >= 0.3 is 0 Å². The third-order valence-corrected chi connectivity index (χ3v) is 7.23. The fourth-order valence-corrected chi connectivity index (χ4v) is 5.02. The molecule has 3 heterocycles. The summed E-state index contributed by atoms with van der Waals surface area (Å²) in [7, 11) is 2.16. The van der Waals surface area contributed by atoms with Crippen molar-refractivity contribution in [2.45, 2.75) is 6.42 Å². The number of rotatable bonds is 9. The normalized spacial score (nSPS) is 13.7. The topological polar surface area (TPSA) is 102 Å². The molecule has 0 aliphatic carbocycles. The average Bonchev–Trinajstić information content (AvgIpc) is 3.40. The molecule has 0 saturated carbocycles. The van der Waals surface area contributed by atoms with E-state index in [2.05, 4.69) is 56.4 Å². The highest BCUT2D eigenvalue weighted by atomic mass is 16.1. The number of nitrogens with one attached hydrogen (secondary N) is 3. The van der Waals surface area contributed by atoms with Crippen LogP contribution in [0.25, 0.3) is 22.3 Å². The molecule has 0 spiro atoms. The number of allylic oxidation sites excluding steroid dienone is 1. The lowest BCUT2D eigenvalue weighted by molar-refractivity contribution is -0.114. The molecule has 0 amide bonds. The molecular formula is C32H32N8O. The van der Waals surface area contributed by atoms with Crippen LogP contribution in [0.3, 0.4) is 0 Å². The van der Waals surface area contributed by atoms with Crippen LogP contribution < -0.4 is 15.5 Å². The van der Waals surface area contributed by atoms with Crippen LogP contribution in [-0.4, -0.2) is 64.1 Å². The maximum atomic E-state index is 12.1. The van der Waals surface area contributed by atoms with Crippen molar-refractivity contribution < 1.29 is 4.79 Å². The van der Waals surface area contributed by atoms with E-state index in [1.54, 1.807) is 0 Å². The number of para-hydroxylation sites is 1. The van der Waals surface area contributed by atoms with Crippen molar-refractivity contribution in [2.75, 3.05) is 48.8 Å². The molecule has 41 heavy (non-hydrogen) atoms. The van der Waals surface area contributed by atoms with Crippen molar-refractivity contribution in [2.24, 2.45) is 0 Å². The number of carbonyl (C=O) groups excluding carboxylic acids is 1. The Kier molecular flexibility index (Phi) is 7.42. The number of piperazine rings is 1. The summed E-state index contributed by atoms with van der Waals surface area (Å²) in [5.74, 6) is 1.10. The maximum absolute atomic E-state index is 12.1.